The Morgan fingerprint density at radius 2 is 1.83 bits per heavy atom. The summed E-state index contributed by atoms with van der Waals surface area (Å²) in [5.74, 6) is 0. The van der Waals surface area contributed by atoms with E-state index in [1.54, 1.807) is 7.11 Å². The number of hydrogen-bond acceptors (Lipinski definition) is 4. The number of thioether (sulfide) groups is 1. The van der Waals surface area contributed by atoms with Crippen LogP contribution in [0.2, 0.25) is 0 Å². The van der Waals surface area contributed by atoms with Crippen LogP contribution < -0.4 is 5.32 Å². The molecular formula is C14H30N2OS. The summed E-state index contributed by atoms with van der Waals surface area (Å²) in [7, 11) is 1.80. The SMILES string of the molecule is COCC(CNC(C)(C)C)N1CC(C)SC(C)C1. The van der Waals surface area contributed by atoms with E-state index in [4.69, 9.17) is 4.74 Å². The van der Waals surface area contributed by atoms with Gasteiger partial charge in [-0.05, 0) is 20.8 Å². The van der Waals surface area contributed by atoms with Gasteiger partial charge in [-0.15, -0.1) is 0 Å². The monoisotopic (exact) mass is 274 g/mol. The first-order valence-corrected chi connectivity index (χ1v) is 7.89. The van der Waals surface area contributed by atoms with E-state index in [1.165, 1.54) is 13.1 Å². The summed E-state index contributed by atoms with van der Waals surface area (Å²) < 4.78 is 5.40. The Balaban J connectivity index is 2.54. The maximum Gasteiger partial charge on any atom is 0.0630 e. The maximum absolute atomic E-state index is 5.40. The van der Waals surface area contributed by atoms with Crippen LogP contribution in [0.1, 0.15) is 34.6 Å². The second-order valence-corrected chi connectivity index (χ2v) is 8.33. The fourth-order valence-electron chi connectivity index (χ4n) is 2.43. The molecule has 3 unspecified atom stereocenters. The van der Waals surface area contributed by atoms with Crippen molar-refractivity contribution >= 4 is 11.8 Å². The van der Waals surface area contributed by atoms with Gasteiger partial charge in [0.1, 0.15) is 0 Å². The second kappa shape index (κ2) is 7.13. The van der Waals surface area contributed by atoms with Crippen molar-refractivity contribution in [3.05, 3.63) is 0 Å². The Morgan fingerprint density at radius 3 is 2.28 bits per heavy atom. The van der Waals surface area contributed by atoms with Gasteiger partial charge in [-0.2, -0.15) is 11.8 Å². The summed E-state index contributed by atoms with van der Waals surface area (Å²) in [6.45, 7) is 15.5. The quantitative estimate of drug-likeness (QED) is 0.831. The first kappa shape index (κ1) is 16.3. The van der Waals surface area contributed by atoms with E-state index in [2.05, 4.69) is 56.6 Å². The topological polar surface area (TPSA) is 24.5 Å². The highest BCUT2D eigenvalue weighted by molar-refractivity contribution is 8.00. The molecule has 0 aromatic carbocycles. The minimum Gasteiger partial charge on any atom is -0.383 e. The number of ether oxygens (including phenoxy) is 1. The lowest BCUT2D eigenvalue weighted by molar-refractivity contribution is 0.0842. The van der Waals surface area contributed by atoms with Crippen LogP contribution in [0.4, 0.5) is 0 Å². The molecule has 1 fully saturated rings. The van der Waals surface area contributed by atoms with E-state index in [-0.39, 0.29) is 5.54 Å². The molecule has 3 atom stereocenters. The van der Waals surface area contributed by atoms with Gasteiger partial charge in [0.25, 0.3) is 0 Å². The lowest BCUT2D eigenvalue weighted by atomic mass is 10.1. The van der Waals surface area contributed by atoms with Crippen LogP contribution in [0.25, 0.3) is 0 Å². The number of methoxy groups -OCH3 is 1. The molecule has 1 rings (SSSR count). The van der Waals surface area contributed by atoms with Crippen LogP contribution in [0.15, 0.2) is 0 Å². The number of hydrogen-bond donors (Lipinski definition) is 1. The predicted molar refractivity (Wildman–Crippen MR) is 81.5 cm³/mol. The summed E-state index contributed by atoms with van der Waals surface area (Å²) in [6.07, 6.45) is 0. The Bertz CT molecular complexity index is 232. The third kappa shape index (κ3) is 5.91. The summed E-state index contributed by atoms with van der Waals surface area (Å²) >= 11 is 2.10. The van der Waals surface area contributed by atoms with Crippen molar-refractivity contribution in [3.8, 4) is 0 Å². The van der Waals surface area contributed by atoms with E-state index < -0.39 is 0 Å². The molecule has 1 aliphatic heterocycles. The minimum atomic E-state index is 0.174. The van der Waals surface area contributed by atoms with E-state index in [1.807, 2.05) is 0 Å². The van der Waals surface area contributed by atoms with E-state index >= 15 is 0 Å². The van der Waals surface area contributed by atoms with Gasteiger partial charge >= 0.3 is 0 Å². The van der Waals surface area contributed by atoms with Gasteiger partial charge in [0.05, 0.1) is 6.61 Å². The molecule has 0 aromatic rings. The van der Waals surface area contributed by atoms with Crippen molar-refractivity contribution < 1.29 is 4.74 Å². The van der Waals surface area contributed by atoms with Gasteiger partial charge < -0.3 is 10.1 Å². The fourth-order valence-corrected chi connectivity index (χ4v) is 3.77. The molecule has 0 spiro atoms. The second-order valence-electron chi connectivity index (χ2n) is 6.45. The van der Waals surface area contributed by atoms with Gasteiger partial charge in [0.2, 0.25) is 0 Å². The smallest absolute Gasteiger partial charge is 0.0630 e. The molecule has 1 N–H and O–H groups in total. The van der Waals surface area contributed by atoms with Crippen LogP contribution in [0.5, 0.6) is 0 Å². The summed E-state index contributed by atoms with van der Waals surface area (Å²) in [4.78, 5) is 2.59. The average molecular weight is 274 g/mol. The molecule has 108 valence electrons. The van der Waals surface area contributed by atoms with Crippen molar-refractivity contribution in [2.75, 3.05) is 33.4 Å². The number of nitrogens with one attached hydrogen (secondary N) is 1. The summed E-state index contributed by atoms with van der Waals surface area (Å²) in [5.41, 5.74) is 0.174. The zero-order valence-electron chi connectivity index (χ0n) is 12.8. The van der Waals surface area contributed by atoms with Crippen molar-refractivity contribution in [2.24, 2.45) is 0 Å². The molecule has 3 nitrogen and oxygen atoms in total. The van der Waals surface area contributed by atoms with E-state index in [0.717, 1.165) is 23.7 Å². The summed E-state index contributed by atoms with van der Waals surface area (Å²) in [6, 6.07) is 0.486. The largest absolute Gasteiger partial charge is 0.383 e. The Morgan fingerprint density at radius 1 is 1.28 bits per heavy atom. The van der Waals surface area contributed by atoms with Crippen LogP contribution >= 0.6 is 11.8 Å². The Labute approximate surface area is 117 Å². The minimum absolute atomic E-state index is 0.174. The third-order valence-electron chi connectivity index (χ3n) is 3.19. The molecular weight excluding hydrogens is 244 g/mol. The van der Waals surface area contributed by atoms with Crippen LogP contribution in [-0.2, 0) is 4.74 Å². The molecule has 4 heteroatoms. The highest BCUT2D eigenvalue weighted by Crippen LogP contribution is 2.26. The Hall–Kier alpha value is 0.230. The van der Waals surface area contributed by atoms with Crippen LogP contribution in [0.3, 0.4) is 0 Å². The average Bonchev–Trinajstić information content (AvgIpc) is 2.21. The molecule has 1 aliphatic rings. The van der Waals surface area contributed by atoms with Gasteiger partial charge in [0.15, 0.2) is 0 Å². The van der Waals surface area contributed by atoms with Gasteiger partial charge in [-0.25, -0.2) is 0 Å². The molecule has 1 saturated heterocycles. The lowest BCUT2D eigenvalue weighted by Crippen LogP contribution is -2.54. The molecule has 0 radical (unpaired) electrons. The standard InChI is InChI=1S/C14H30N2OS/c1-11-8-16(9-12(2)18-11)13(10-17-6)7-15-14(3,4)5/h11-13,15H,7-10H2,1-6H3. The van der Waals surface area contributed by atoms with Crippen molar-refractivity contribution in [3.63, 3.8) is 0 Å². The molecule has 0 aliphatic carbocycles. The normalized spacial score (nSPS) is 28.3. The molecule has 0 amide bonds. The number of nitrogens with zero attached hydrogens (tertiary/aromatic N) is 1. The molecule has 0 aromatic heterocycles. The first-order valence-electron chi connectivity index (χ1n) is 6.95. The number of rotatable bonds is 5. The Kier molecular flexibility index (Phi) is 6.45. The molecule has 0 saturated carbocycles. The highest BCUT2D eigenvalue weighted by atomic mass is 32.2. The highest BCUT2D eigenvalue weighted by Gasteiger charge is 2.28. The third-order valence-corrected chi connectivity index (χ3v) is 4.42. The van der Waals surface area contributed by atoms with E-state index in [0.29, 0.717) is 6.04 Å². The van der Waals surface area contributed by atoms with Gasteiger partial charge in [0, 0.05) is 48.8 Å². The zero-order chi connectivity index (χ0) is 13.8. The predicted octanol–water partition coefficient (Wildman–Crippen LogP) is 2.22. The van der Waals surface area contributed by atoms with Crippen molar-refractivity contribution in [1.82, 2.24) is 10.2 Å². The van der Waals surface area contributed by atoms with Crippen LogP contribution in [0, 0.1) is 0 Å². The van der Waals surface area contributed by atoms with Gasteiger partial charge in [-0.3, -0.25) is 4.90 Å². The first-order chi connectivity index (χ1) is 8.31. The van der Waals surface area contributed by atoms with Gasteiger partial charge in [-0.1, -0.05) is 13.8 Å². The lowest BCUT2D eigenvalue weighted by Gasteiger charge is -2.40. The van der Waals surface area contributed by atoms with Crippen molar-refractivity contribution in [2.45, 2.75) is 56.7 Å². The van der Waals surface area contributed by atoms with E-state index in [9.17, 15) is 0 Å². The van der Waals surface area contributed by atoms with Crippen molar-refractivity contribution in [1.29, 1.82) is 0 Å². The summed E-state index contributed by atoms with van der Waals surface area (Å²) in [5, 5.41) is 5.05. The maximum atomic E-state index is 5.40. The molecule has 18 heavy (non-hydrogen) atoms. The zero-order valence-corrected chi connectivity index (χ0v) is 13.6. The molecule has 0 bridgehead atoms. The molecule has 1 heterocycles. The fraction of sp³-hybridized carbons (Fsp3) is 1.00. The van der Waals surface area contributed by atoms with Crippen LogP contribution in [-0.4, -0.2) is 60.3 Å².